The second-order valence-corrected chi connectivity index (χ2v) is 2.07. The van der Waals surface area contributed by atoms with Crippen molar-refractivity contribution in [3.05, 3.63) is 4.91 Å². The van der Waals surface area contributed by atoms with Gasteiger partial charge >= 0.3 is 5.97 Å². The van der Waals surface area contributed by atoms with Crippen LogP contribution in [0.3, 0.4) is 0 Å². The van der Waals surface area contributed by atoms with Crippen LogP contribution in [-0.4, -0.2) is 24.4 Å². The first kappa shape index (κ1) is 10.2. The lowest BCUT2D eigenvalue weighted by Crippen LogP contribution is -2.36. The number of nitrogens with one attached hydrogen (secondary N) is 1. The molecule has 1 N–H and O–H groups in total. The van der Waals surface area contributed by atoms with Crippen LogP contribution in [0.15, 0.2) is 5.29 Å². The Bertz CT molecular complexity index is 142. The van der Waals surface area contributed by atoms with E-state index in [2.05, 4.69) is 22.7 Å². The molecule has 11 heavy (non-hydrogen) atoms. The number of thiol groups is 1. The monoisotopic (exact) mass is 178 g/mol. The van der Waals surface area contributed by atoms with Crippen LogP contribution in [0.4, 0.5) is 0 Å². The Morgan fingerprint density at radius 1 is 1.82 bits per heavy atom. The molecule has 0 aliphatic heterocycles. The highest BCUT2D eigenvalue weighted by molar-refractivity contribution is 7.80. The Hall–Kier alpha value is -0.780. The Labute approximate surface area is 69.8 Å². The van der Waals surface area contributed by atoms with Crippen molar-refractivity contribution in [1.29, 1.82) is 0 Å². The molecule has 0 aromatic heterocycles. The number of nitrogens with zero attached hydrogens (tertiary/aromatic N) is 1. The zero-order valence-electron chi connectivity index (χ0n) is 6.11. The normalized spacial score (nSPS) is 11.8. The van der Waals surface area contributed by atoms with Crippen LogP contribution in [0, 0.1) is 4.91 Å². The summed E-state index contributed by atoms with van der Waals surface area (Å²) in [4.78, 5) is 20.5. The molecule has 0 fully saturated rings. The van der Waals surface area contributed by atoms with Crippen LogP contribution in [0.2, 0.25) is 0 Å². The Balaban J connectivity index is 3.80. The molecule has 64 valence electrons. The fraction of sp³-hybridized carbons (Fsp3) is 0.800. The van der Waals surface area contributed by atoms with Gasteiger partial charge in [0.15, 0.2) is 6.04 Å². The molecule has 0 amide bonds. The van der Waals surface area contributed by atoms with E-state index in [4.69, 9.17) is 0 Å². The van der Waals surface area contributed by atoms with E-state index in [9.17, 15) is 9.70 Å². The minimum atomic E-state index is -0.740. The van der Waals surface area contributed by atoms with Gasteiger partial charge in [0, 0.05) is 5.75 Å². The molecule has 0 aliphatic carbocycles. The fourth-order valence-electron chi connectivity index (χ4n) is 0.475. The third kappa shape index (κ3) is 3.82. The van der Waals surface area contributed by atoms with Crippen LogP contribution in [0.1, 0.15) is 6.92 Å². The lowest BCUT2D eigenvalue weighted by Gasteiger charge is -2.09. The van der Waals surface area contributed by atoms with Gasteiger partial charge in [-0.05, 0) is 6.92 Å². The van der Waals surface area contributed by atoms with Crippen LogP contribution in [-0.2, 0) is 9.53 Å². The summed E-state index contributed by atoms with van der Waals surface area (Å²) in [5, 5.41) is 2.36. The SMILES string of the molecule is CCOC(=O)C(CS)NN=O. The molecule has 1 unspecified atom stereocenters. The Morgan fingerprint density at radius 2 is 2.45 bits per heavy atom. The summed E-state index contributed by atoms with van der Waals surface area (Å²) in [6.45, 7) is 1.96. The molecular weight excluding hydrogens is 168 g/mol. The van der Waals surface area contributed by atoms with Crippen molar-refractivity contribution in [2.45, 2.75) is 13.0 Å². The predicted molar refractivity (Wildman–Crippen MR) is 43.2 cm³/mol. The van der Waals surface area contributed by atoms with Crippen LogP contribution in [0.25, 0.3) is 0 Å². The molecule has 0 spiro atoms. The molecule has 0 saturated carbocycles. The zero-order valence-corrected chi connectivity index (χ0v) is 7.01. The molecule has 0 saturated heterocycles. The van der Waals surface area contributed by atoms with Gasteiger partial charge in [0.25, 0.3) is 0 Å². The molecule has 5 nitrogen and oxygen atoms in total. The van der Waals surface area contributed by atoms with E-state index in [1.165, 1.54) is 0 Å². The highest BCUT2D eigenvalue weighted by atomic mass is 32.1. The molecule has 0 aliphatic rings. The number of hydrogen-bond acceptors (Lipinski definition) is 5. The van der Waals surface area contributed by atoms with E-state index >= 15 is 0 Å². The molecule has 0 heterocycles. The molecular formula is C5H10N2O3S. The number of carbonyl (C=O) groups is 1. The first-order valence-corrected chi connectivity index (χ1v) is 3.74. The molecule has 1 atom stereocenters. The largest absolute Gasteiger partial charge is 0.464 e. The maximum absolute atomic E-state index is 10.8. The Morgan fingerprint density at radius 3 is 2.82 bits per heavy atom. The van der Waals surface area contributed by atoms with E-state index in [-0.39, 0.29) is 12.4 Å². The van der Waals surface area contributed by atoms with Crippen LogP contribution >= 0.6 is 12.6 Å². The number of nitroso groups, excluding NO2 is 1. The minimum Gasteiger partial charge on any atom is -0.464 e. The molecule has 0 rings (SSSR count). The molecule has 0 aromatic carbocycles. The maximum Gasteiger partial charge on any atom is 0.331 e. The third-order valence-corrected chi connectivity index (χ3v) is 1.33. The number of hydrogen-bond donors (Lipinski definition) is 2. The summed E-state index contributed by atoms with van der Waals surface area (Å²) in [5.74, 6) is -0.327. The molecule has 6 heteroatoms. The highest BCUT2D eigenvalue weighted by Crippen LogP contribution is 1.91. The van der Waals surface area contributed by atoms with Crippen molar-refractivity contribution in [2.75, 3.05) is 12.4 Å². The third-order valence-electron chi connectivity index (χ3n) is 0.962. The fourth-order valence-corrected chi connectivity index (χ4v) is 0.705. The number of carbonyl (C=O) groups excluding carboxylic acids is 1. The summed E-state index contributed by atoms with van der Waals surface area (Å²) in [5.41, 5.74) is 2.04. The average molecular weight is 178 g/mol. The van der Waals surface area contributed by atoms with Gasteiger partial charge in [0.1, 0.15) is 0 Å². The van der Waals surface area contributed by atoms with Gasteiger partial charge in [-0.15, -0.1) is 4.91 Å². The lowest BCUT2D eigenvalue weighted by molar-refractivity contribution is -0.144. The van der Waals surface area contributed by atoms with E-state index in [1.54, 1.807) is 6.92 Å². The number of rotatable bonds is 5. The van der Waals surface area contributed by atoms with Gasteiger partial charge in [0.05, 0.1) is 11.9 Å². The van der Waals surface area contributed by atoms with Gasteiger partial charge in [-0.1, -0.05) is 0 Å². The van der Waals surface area contributed by atoms with Gasteiger partial charge in [-0.25, -0.2) is 4.79 Å². The van der Waals surface area contributed by atoms with Crippen molar-refractivity contribution in [3.63, 3.8) is 0 Å². The van der Waals surface area contributed by atoms with Gasteiger partial charge in [-0.3, -0.25) is 5.43 Å². The minimum absolute atomic E-state index is 0.185. The van der Waals surface area contributed by atoms with Crippen LogP contribution in [0.5, 0.6) is 0 Å². The summed E-state index contributed by atoms with van der Waals surface area (Å²) >= 11 is 3.82. The first-order chi connectivity index (χ1) is 5.26. The van der Waals surface area contributed by atoms with Crippen molar-refractivity contribution in [1.82, 2.24) is 5.43 Å². The van der Waals surface area contributed by atoms with Gasteiger partial charge in [0.2, 0.25) is 0 Å². The summed E-state index contributed by atoms with van der Waals surface area (Å²) in [6.07, 6.45) is 0. The topological polar surface area (TPSA) is 67.8 Å². The molecule has 0 bridgehead atoms. The van der Waals surface area contributed by atoms with Crippen molar-refractivity contribution < 1.29 is 9.53 Å². The van der Waals surface area contributed by atoms with Crippen molar-refractivity contribution in [2.24, 2.45) is 5.29 Å². The Kier molecular flexibility index (Phi) is 5.54. The van der Waals surface area contributed by atoms with E-state index in [1.807, 2.05) is 5.43 Å². The highest BCUT2D eigenvalue weighted by Gasteiger charge is 2.16. The van der Waals surface area contributed by atoms with Crippen LogP contribution < -0.4 is 5.43 Å². The van der Waals surface area contributed by atoms with E-state index < -0.39 is 12.0 Å². The van der Waals surface area contributed by atoms with Gasteiger partial charge < -0.3 is 4.74 Å². The molecule has 0 radical (unpaired) electrons. The molecule has 0 aromatic rings. The van der Waals surface area contributed by atoms with Crippen molar-refractivity contribution >= 4 is 18.6 Å². The smallest absolute Gasteiger partial charge is 0.331 e. The van der Waals surface area contributed by atoms with E-state index in [0.29, 0.717) is 0 Å². The summed E-state index contributed by atoms with van der Waals surface area (Å²) in [7, 11) is 0. The maximum atomic E-state index is 10.8. The number of ether oxygens (including phenoxy) is 1. The second kappa shape index (κ2) is 5.96. The zero-order chi connectivity index (χ0) is 8.69. The quantitative estimate of drug-likeness (QED) is 0.271. The first-order valence-electron chi connectivity index (χ1n) is 3.11. The summed E-state index contributed by atoms with van der Waals surface area (Å²) in [6, 6.07) is -0.740. The standard InChI is InChI=1S/C5H10N2O3S/c1-2-10-5(8)4(3-11)6-7-9/h4,11H,2-3H2,1H3,(H,6,9). The second-order valence-electron chi connectivity index (χ2n) is 1.71. The van der Waals surface area contributed by atoms with Gasteiger partial charge in [-0.2, -0.15) is 12.6 Å². The predicted octanol–water partition coefficient (Wildman–Crippen LogP) is 0.119. The average Bonchev–Trinajstić information content (AvgIpc) is 2.00. The van der Waals surface area contributed by atoms with E-state index in [0.717, 1.165) is 0 Å². The summed E-state index contributed by atoms with van der Waals surface area (Å²) < 4.78 is 4.60. The van der Waals surface area contributed by atoms with Crippen molar-refractivity contribution in [3.8, 4) is 0 Å². The number of esters is 1. The lowest BCUT2D eigenvalue weighted by atomic mass is 10.4.